The Labute approximate surface area is 146 Å². The van der Waals surface area contributed by atoms with Gasteiger partial charge in [-0.25, -0.2) is 0 Å². The summed E-state index contributed by atoms with van der Waals surface area (Å²) >= 11 is 0. The highest BCUT2D eigenvalue weighted by Gasteiger charge is 2.24. The molecule has 1 aromatic heterocycles. The third-order valence-corrected chi connectivity index (χ3v) is 4.73. The van der Waals surface area contributed by atoms with Crippen molar-refractivity contribution in [2.45, 2.75) is 6.42 Å². The Morgan fingerprint density at radius 3 is 2.72 bits per heavy atom. The number of ether oxygens (including phenoxy) is 1. The summed E-state index contributed by atoms with van der Waals surface area (Å²) in [4.78, 5) is 18.7. The van der Waals surface area contributed by atoms with Gasteiger partial charge in [0.25, 0.3) is 0 Å². The molecule has 0 unspecified atom stereocenters. The lowest BCUT2D eigenvalue weighted by atomic mass is 9.98. The minimum Gasteiger partial charge on any atom is -0.497 e. The molecule has 0 bridgehead atoms. The van der Waals surface area contributed by atoms with E-state index in [2.05, 4.69) is 9.88 Å². The molecule has 0 spiro atoms. The Bertz CT molecular complexity index is 970. The molecule has 2 heterocycles. The molecule has 4 heteroatoms. The number of nitrogens with zero attached hydrogens (tertiary/aromatic N) is 1. The molecule has 1 aliphatic heterocycles. The van der Waals surface area contributed by atoms with Crippen LogP contribution in [0, 0.1) is 0 Å². The van der Waals surface area contributed by atoms with Gasteiger partial charge in [0, 0.05) is 36.3 Å². The number of likely N-dealkylation sites (N-methyl/N-ethyl adjacent to an activating group) is 1. The van der Waals surface area contributed by atoms with Crippen LogP contribution in [0.5, 0.6) is 5.75 Å². The third-order valence-electron chi connectivity index (χ3n) is 4.73. The molecule has 4 nitrogen and oxygen atoms in total. The van der Waals surface area contributed by atoms with E-state index in [1.165, 1.54) is 5.56 Å². The van der Waals surface area contributed by atoms with Gasteiger partial charge in [-0.2, -0.15) is 0 Å². The fourth-order valence-corrected chi connectivity index (χ4v) is 3.40. The van der Waals surface area contributed by atoms with Crippen molar-refractivity contribution in [3.63, 3.8) is 0 Å². The van der Waals surface area contributed by atoms with Gasteiger partial charge in [-0.1, -0.05) is 30.3 Å². The maximum atomic E-state index is 13.1. The Morgan fingerprint density at radius 2 is 1.96 bits per heavy atom. The minimum absolute atomic E-state index is 0.0362. The van der Waals surface area contributed by atoms with Crippen LogP contribution in [0.25, 0.3) is 16.5 Å². The predicted octanol–water partition coefficient (Wildman–Crippen LogP) is 3.89. The number of carbonyl (C=O) groups is 1. The number of methoxy groups -OCH3 is 1. The lowest BCUT2D eigenvalue weighted by Gasteiger charge is -2.12. The average Bonchev–Trinajstić information content (AvgIpc) is 2.93. The Hall–Kier alpha value is -3.01. The highest BCUT2D eigenvalue weighted by atomic mass is 16.5. The summed E-state index contributed by atoms with van der Waals surface area (Å²) in [5, 5.41) is 1.12. The Morgan fingerprint density at radius 1 is 1.16 bits per heavy atom. The molecule has 4 rings (SSSR count). The number of H-pyrrole nitrogens is 1. The second kappa shape index (κ2) is 6.13. The van der Waals surface area contributed by atoms with Crippen LogP contribution in [0.15, 0.2) is 54.7 Å². The summed E-state index contributed by atoms with van der Waals surface area (Å²) in [6, 6.07) is 15.4. The van der Waals surface area contributed by atoms with Crippen LogP contribution < -0.4 is 4.74 Å². The molecule has 3 aromatic rings. The number of rotatable bonds is 3. The number of Topliss-reactive ketones (excluding diaryl/α,β-unsaturated/α-hetero) is 1. The van der Waals surface area contributed by atoms with Gasteiger partial charge in [0.1, 0.15) is 5.75 Å². The summed E-state index contributed by atoms with van der Waals surface area (Å²) in [7, 11) is 3.68. The number of nitrogens with one attached hydrogen (secondary N) is 1. The first-order valence-electron chi connectivity index (χ1n) is 8.38. The van der Waals surface area contributed by atoms with Gasteiger partial charge in [0.05, 0.1) is 18.4 Å². The zero-order valence-electron chi connectivity index (χ0n) is 14.4. The number of allylic oxidation sites excluding steroid dienone is 1. The Kier molecular flexibility index (Phi) is 3.80. The zero-order valence-corrected chi connectivity index (χ0v) is 14.4. The number of hydrogen-bond donors (Lipinski definition) is 1. The van der Waals surface area contributed by atoms with Crippen molar-refractivity contribution < 1.29 is 9.53 Å². The molecular weight excluding hydrogens is 312 g/mol. The molecule has 0 atom stereocenters. The van der Waals surface area contributed by atoms with Crippen LogP contribution in [0.4, 0.5) is 0 Å². The predicted molar refractivity (Wildman–Crippen MR) is 99.9 cm³/mol. The number of carbonyl (C=O) groups excluding carboxylic acids is 1. The normalized spacial score (nSPS) is 14.0. The van der Waals surface area contributed by atoms with Crippen LogP contribution in [0.3, 0.4) is 0 Å². The zero-order chi connectivity index (χ0) is 17.4. The van der Waals surface area contributed by atoms with E-state index in [4.69, 9.17) is 4.74 Å². The van der Waals surface area contributed by atoms with Crippen LogP contribution in [0.1, 0.15) is 21.6 Å². The maximum Gasteiger partial charge on any atom is 0.196 e. The molecule has 1 aliphatic rings. The van der Waals surface area contributed by atoms with Crippen molar-refractivity contribution in [1.29, 1.82) is 0 Å². The molecule has 0 fully saturated rings. The van der Waals surface area contributed by atoms with Gasteiger partial charge in [0.15, 0.2) is 5.78 Å². The van der Waals surface area contributed by atoms with Crippen LogP contribution in [-0.2, 0) is 6.42 Å². The molecular formula is C21H20N2O2. The molecule has 126 valence electrons. The second-order valence-corrected chi connectivity index (χ2v) is 6.36. The minimum atomic E-state index is 0.0362. The summed E-state index contributed by atoms with van der Waals surface area (Å²) in [5.41, 5.74) is 4.53. The van der Waals surface area contributed by atoms with Crippen molar-refractivity contribution in [3.05, 3.63) is 71.6 Å². The van der Waals surface area contributed by atoms with E-state index in [1.807, 2.05) is 61.8 Å². The van der Waals surface area contributed by atoms with E-state index >= 15 is 0 Å². The summed E-state index contributed by atoms with van der Waals surface area (Å²) in [6.07, 6.45) is 2.83. The van der Waals surface area contributed by atoms with Gasteiger partial charge >= 0.3 is 0 Å². The molecule has 0 radical (unpaired) electrons. The molecule has 0 saturated carbocycles. The van der Waals surface area contributed by atoms with Gasteiger partial charge in [-0.15, -0.1) is 0 Å². The number of hydrogen-bond acceptors (Lipinski definition) is 3. The van der Waals surface area contributed by atoms with E-state index in [1.54, 1.807) is 7.11 Å². The van der Waals surface area contributed by atoms with Gasteiger partial charge in [-0.3, -0.25) is 4.79 Å². The van der Waals surface area contributed by atoms with E-state index in [-0.39, 0.29) is 5.78 Å². The van der Waals surface area contributed by atoms with Crippen LogP contribution in [-0.4, -0.2) is 36.4 Å². The summed E-state index contributed by atoms with van der Waals surface area (Å²) in [5.74, 6) is 0.862. The van der Waals surface area contributed by atoms with E-state index in [0.717, 1.165) is 35.3 Å². The fraction of sp³-hybridized carbons (Fsp3) is 0.190. The number of benzene rings is 2. The smallest absolute Gasteiger partial charge is 0.196 e. The fourth-order valence-electron chi connectivity index (χ4n) is 3.40. The molecule has 0 amide bonds. The van der Waals surface area contributed by atoms with Crippen molar-refractivity contribution in [3.8, 4) is 5.75 Å². The van der Waals surface area contributed by atoms with Crippen molar-refractivity contribution in [2.75, 3.05) is 20.7 Å². The summed E-state index contributed by atoms with van der Waals surface area (Å²) in [6.45, 7) is 0.864. The highest BCUT2D eigenvalue weighted by Crippen LogP contribution is 2.33. The maximum absolute atomic E-state index is 13.1. The molecule has 0 saturated heterocycles. The number of fused-ring (bicyclic) bond motifs is 3. The quantitative estimate of drug-likeness (QED) is 0.740. The molecule has 0 aliphatic carbocycles. The van der Waals surface area contributed by atoms with Crippen LogP contribution in [0.2, 0.25) is 0 Å². The monoisotopic (exact) mass is 332 g/mol. The lowest BCUT2D eigenvalue weighted by Crippen LogP contribution is -2.14. The van der Waals surface area contributed by atoms with Crippen molar-refractivity contribution in [1.82, 2.24) is 9.88 Å². The van der Waals surface area contributed by atoms with Gasteiger partial charge < -0.3 is 14.6 Å². The van der Waals surface area contributed by atoms with Gasteiger partial charge in [-0.05, 0) is 30.2 Å². The lowest BCUT2D eigenvalue weighted by molar-refractivity contribution is 0.105. The van der Waals surface area contributed by atoms with Crippen molar-refractivity contribution in [2.24, 2.45) is 0 Å². The van der Waals surface area contributed by atoms with Crippen LogP contribution >= 0.6 is 0 Å². The average molecular weight is 332 g/mol. The largest absolute Gasteiger partial charge is 0.497 e. The van der Waals surface area contributed by atoms with E-state index < -0.39 is 0 Å². The first kappa shape index (κ1) is 15.5. The van der Waals surface area contributed by atoms with Crippen molar-refractivity contribution >= 4 is 22.3 Å². The van der Waals surface area contributed by atoms with E-state index in [0.29, 0.717) is 11.1 Å². The van der Waals surface area contributed by atoms with E-state index in [9.17, 15) is 4.79 Å². The highest BCUT2D eigenvalue weighted by molar-refractivity contribution is 6.29. The second-order valence-electron chi connectivity index (χ2n) is 6.36. The first-order valence-corrected chi connectivity index (χ1v) is 8.38. The van der Waals surface area contributed by atoms with Gasteiger partial charge in [0.2, 0.25) is 0 Å². The standard InChI is InChI=1S/C21H20N2O2/c1-23-11-10-16-17-12-15(25-2)8-9-19(17)22-20(16)18(13-23)21(24)14-6-4-3-5-7-14/h3-9,12-13,22H,10-11H2,1-2H3. The SMILES string of the molecule is COc1ccc2[nH]c3c(c2c1)CCN(C)C=C3C(=O)c1ccccc1. The Balaban J connectivity index is 1.89. The molecule has 2 aromatic carbocycles. The number of aromatic nitrogens is 1. The summed E-state index contributed by atoms with van der Waals surface area (Å²) < 4.78 is 5.37. The molecule has 1 N–H and O–H groups in total. The number of ketones is 1. The third kappa shape index (κ3) is 2.70. The molecule has 25 heavy (non-hydrogen) atoms. The topological polar surface area (TPSA) is 45.3 Å². The first-order chi connectivity index (χ1) is 12.2. The number of aromatic amines is 1.